The van der Waals surface area contributed by atoms with Crippen LogP contribution >= 0.6 is 11.6 Å². The summed E-state index contributed by atoms with van der Waals surface area (Å²) in [5, 5.41) is 3.84. The number of halogens is 1. The molecule has 0 amide bonds. The van der Waals surface area contributed by atoms with Crippen LogP contribution in [0.1, 0.15) is 38.3 Å². The first kappa shape index (κ1) is 15.0. The Morgan fingerprint density at radius 1 is 1.39 bits per heavy atom. The molecule has 0 fully saturated rings. The third kappa shape index (κ3) is 5.52. The van der Waals surface area contributed by atoms with Crippen LogP contribution in [0, 0.1) is 0 Å². The van der Waals surface area contributed by atoms with Gasteiger partial charge in [0.05, 0.1) is 13.2 Å². The van der Waals surface area contributed by atoms with Crippen LogP contribution < -0.4 is 5.32 Å². The lowest BCUT2D eigenvalue weighted by molar-refractivity contribution is -0.142. The first-order chi connectivity index (χ1) is 8.63. The van der Waals surface area contributed by atoms with E-state index in [1.807, 2.05) is 31.2 Å². The summed E-state index contributed by atoms with van der Waals surface area (Å²) in [6.07, 6.45) is 1.94. The molecule has 1 aromatic carbocycles. The molecule has 3 nitrogen and oxygen atoms in total. The number of hydrogen-bond donors (Lipinski definition) is 1. The number of carbonyl (C=O) groups excluding carboxylic acids is 1. The highest BCUT2D eigenvalue weighted by Crippen LogP contribution is 2.15. The zero-order valence-electron chi connectivity index (χ0n) is 10.9. The smallest absolute Gasteiger partial charge is 0.319 e. The van der Waals surface area contributed by atoms with Crippen LogP contribution in [0.15, 0.2) is 24.3 Å². The van der Waals surface area contributed by atoms with Gasteiger partial charge in [-0.25, -0.2) is 0 Å². The zero-order valence-corrected chi connectivity index (χ0v) is 11.7. The van der Waals surface area contributed by atoms with Crippen LogP contribution in [0.2, 0.25) is 5.02 Å². The van der Waals surface area contributed by atoms with Gasteiger partial charge in [-0.15, -0.1) is 0 Å². The number of ether oxygens (including phenoxy) is 1. The molecule has 0 spiro atoms. The van der Waals surface area contributed by atoms with E-state index in [2.05, 4.69) is 12.2 Å². The second kappa shape index (κ2) is 8.11. The van der Waals surface area contributed by atoms with Crippen molar-refractivity contribution in [2.24, 2.45) is 0 Å². The summed E-state index contributed by atoms with van der Waals surface area (Å²) in [7, 11) is 0. The molecule has 1 atom stereocenters. The monoisotopic (exact) mass is 269 g/mol. The minimum absolute atomic E-state index is 0.0981. The maximum Gasteiger partial charge on any atom is 0.319 e. The van der Waals surface area contributed by atoms with Crippen molar-refractivity contribution in [2.75, 3.05) is 13.2 Å². The van der Waals surface area contributed by atoms with Gasteiger partial charge >= 0.3 is 5.97 Å². The number of esters is 1. The van der Waals surface area contributed by atoms with E-state index in [1.165, 1.54) is 0 Å². The lowest BCUT2D eigenvalue weighted by Crippen LogP contribution is -2.27. The molecule has 0 saturated heterocycles. The second-order valence-electron chi connectivity index (χ2n) is 4.23. The third-order valence-corrected chi connectivity index (χ3v) is 2.94. The van der Waals surface area contributed by atoms with Crippen molar-refractivity contribution in [3.63, 3.8) is 0 Å². The summed E-state index contributed by atoms with van der Waals surface area (Å²) in [5.41, 5.74) is 1.10. The zero-order chi connectivity index (χ0) is 13.4. The fourth-order valence-electron chi connectivity index (χ4n) is 1.49. The topological polar surface area (TPSA) is 38.3 Å². The molecule has 0 aromatic heterocycles. The van der Waals surface area contributed by atoms with Gasteiger partial charge in [0.1, 0.15) is 0 Å². The summed E-state index contributed by atoms with van der Waals surface area (Å²) in [5.74, 6) is -0.204. The quantitative estimate of drug-likeness (QED) is 0.609. The highest BCUT2D eigenvalue weighted by atomic mass is 35.5. The number of benzene rings is 1. The number of nitrogens with one attached hydrogen (secondary N) is 1. The van der Waals surface area contributed by atoms with E-state index in [1.54, 1.807) is 0 Å². The standard InChI is InChI=1S/C14H20ClNO2/c1-3-4-9-18-14(17)10-16-11(2)12-5-7-13(15)8-6-12/h5-8,11,16H,3-4,9-10H2,1-2H3/t11-/m1/s1. The Balaban J connectivity index is 2.30. The van der Waals surface area contributed by atoms with Crippen molar-refractivity contribution < 1.29 is 9.53 Å². The minimum Gasteiger partial charge on any atom is -0.465 e. The maximum atomic E-state index is 11.4. The van der Waals surface area contributed by atoms with Crippen LogP contribution in [0.4, 0.5) is 0 Å². The predicted octanol–water partition coefficient (Wildman–Crippen LogP) is 3.33. The Hall–Kier alpha value is -1.06. The van der Waals surface area contributed by atoms with Gasteiger partial charge in [-0.1, -0.05) is 37.1 Å². The molecule has 100 valence electrons. The van der Waals surface area contributed by atoms with Crippen molar-refractivity contribution in [3.05, 3.63) is 34.9 Å². The molecule has 1 aromatic rings. The summed E-state index contributed by atoms with van der Waals surface area (Å²) in [4.78, 5) is 11.4. The Morgan fingerprint density at radius 2 is 2.06 bits per heavy atom. The van der Waals surface area contributed by atoms with Crippen molar-refractivity contribution in [1.29, 1.82) is 0 Å². The first-order valence-electron chi connectivity index (χ1n) is 6.28. The number of rotatable bonds is 7. The molecule has 1 rings (SSSR count). The molecule has 0 aliphatic rings. The van der Waals surface area contributed by atoms with Crippen LogP contribution in [-0.4, -0.2) is 19.1 Å². The highest BCUT2D eigenvalue weighted by molar-refractivity contribution is 6.30. The van der Waals surface area contributed by atoms with Crippen molar-refractivity contribution in [1.82, 2.24) is 5.32 Å². The van der Waals surface area contributed by atoms with E-state index in [-0.39, 0.29) is 18.6 Å². The SMILES string of the molecule is CCCCOC(=O)CN[C@H](C)c1ccc(Cl)cc1. The Morgan fingerprint density at radius 3 is 2.67 bits per heavy atom. The third-order valence-electron chi connectivity index (χ3n) is 2.68. The van der Waals surface area contributed by atoms with Crippen LogP contribution in [0.25, 0.3) is 0 Å². The van der Waals surface area contributed by atoms with Gasteiger partial charge in [0, 0.05) is 11.1 Å². The van der Waals surface area contributed by atoms with E-state index >= 15 is 0 Å². The van der Waals surface area contributed by atoms with Crippen LogP contribution in [0.3, 0.4) is 0 Å². The molecule has 0 saturated carbocycles. The molecule has 0 heterocycles. The average molecular weight is 270 g/mol. The predicted molar refractivity (Wildman–Crippen MR) is 73.7 cm³/mol. The van der Waals surface area contributed by atoms with E-state index in [4.69, 9.17) is 16.3 Å². The van der Waals surface area contributed by atoms with E-state index in [0.717, 1.165) is 18.4 Å². The Labute approximate surface area is 113 Å². The largest absolute Gasteiger partial charge is 0.465 e. The molecule has 18 heavy (non-hydrogen) atoms. The highest BCUT2D eigenvalue weighted by Gasteiger charge is 2.08. The molecular formula is C14H20ClNO2. The molecule has 0 aliphatic carbocycles. The van der Waals surface area contributed by atoms with Gasteiger partial charge in [0.2, 0.25) is 0 Å². The number of unbranched alkanes of at least 4 members (excludes halogenated alkanes) is 1. The average Bonchev–Trinajstić information content (AvgIpc) is 2.37. The van der Waals surface area contributed by atoms with E-state index in [0.29, 0.717) is 11.6 Å². The molecular weight excluding hydrogens is 250 g/mol. The van der Waals surface area contributed by atoms with Gasteiger partial charge in [0.15, 0.2) is 0 Å². The van der Waals surface area contributed by atoms with Crippen LogP contribution in [-0.2, 0) is 9.53 Å². The van der Waals surface area contributed by atoms with Gasteiger partial charge in [-0.05, 0) is 31.0 Å². The fourth-order valence-corrected chi connectivity index (χ4v) is 1.61. The lowest BCUT2D eigenvalue weighted by Gasteiger charge is -2.13. The van der Waals surface area contributed by atoms with Gasteiger partial charge < -0.3 is 10.1 Å². The van der Waals surface area contributed by atoms with Crippen LogP contribution in [0.5, 0.6) is 0 Å². The van der Waals surface area contributed by atoms with E-state index in [9.17, 15) is 4.79 Å². The lowest BCUT2D eigenvalue weighted by atomic mass is 10.1. The first-order valence-corrected chi connectivity index (χ1v) is 6.65. The summed E-state index contributed by atoms with van der Waals surface area (Å²) in [6.45, 7) is 4.80. The fraction of sp³-hybridized carbons (Fsp3) is 0.500. The normalized spacial score (nSPS) is 12.2. The summed E-state index contributed by atoms with van der Waals surface area (Å²) < 4.78 is 5.07. The van der Waals surface area contributed by atoms with Gasteiger partial charge in [-0.2, -0.15) is 0 Å². The Bertz CT molecular complexity index is 365. The van der Waals surface area contributed by atoms with Crippen molar-refractivity contribution >= 4 is 17.6 Å². The molecule has 1 N–H and O–H groups in total. The maximum absolute atomic E-state index is 11.4. The summed E-state index contributed by atoms with van der Waals surface area (Å²) >= 11 is 5.82. The van der Waals surface area contributed by atoms with Gasteiger partial charge in [-0.3, -0.25) is 4.79 Å². The second-order valence-corrected chi connectivity index (χ2v) is 4.66. The molecule has 0 bridgehead atoms. The number of hydrogen-bond acceptors (Lipinski definition) is 3. The molecule has 0 unspecified atom stereocenters. The van der Waals surface area contributed by atoms with Gasteiger partial charge in [0.25, 0.3) is 0 Å². The molecule has 4 heteroatoms. The van der Waals surface area contributed by atoms with Crippen molar-refractivity contribution in [2.45, 2.75) is 32.7 Å². The minimum atomic E-state index is -0.204. The van der Waals surface area contributed by atoms with E-state index < -0.39 is 0 Å². The number of carbonyl (C=O) groups is 1. The molecule has 0 aliphatic heterocycles. The Kier molecular flexibility index (Phi) is 6.76. The summed E-state index contributed by atoms with van der Waals surface area (Å²) in [6, 6.07) is 7.68. The molecule has 0 radical (unpaired) electrons. The van der Waals surface area contributed by atoms with Crippen molar-refractivity contribution in [3.8, 4) is 0 Å².